The van der Waals surface area contributed by atoms with Crippen LogP contribution < -0.4 is 37.3 Å². The van der Waals surface area contributed by atoms with Crippen molar-refractivity contribution >= 4 is 11.8 Å². The minimum absolute atomic E-state index is 0. The number of nitrogens with zero attached hydrogens (tertiary/aromatic N) is 6. The maximum absolute atomic E-state index is 12.1. The van der Waals surface area contributed by atoms with E-state index >= 15 is 0 Å². The van der Waals surface area contributed by atoms with E-state index in [1.165, 1.54) is 13.8 Å². The van der Waals surface area contributed by atoms with Gasteiger partial charge in [0.1, 0.15) is 0 Å². The average Bonchev–Trinajstić information content (AvgIpc) is 2.74. The van der Waals surface area contributed by atoms with Crippen LogP contribution in [0.2, 0.25) is 0 Å². The molecule has 1 radical (unpaired) electrons. The van der Waals surface area contributed by atoms with Gasteiger partial charge in [0.15, 0.2) is 0 Å². The molecule has 0 spiro atoms. The van der Waals surface area contributed by atoms with Gasteiger partial charge in [0.2, 0.25) is 11.8 Å². The summed E-state index contributed by atoms with van der Waals surface area (Å²) >= 11 is 0. The smallest absolute Gasteiger partial charge is 0.343 e. The molecule has 1 aromatic heterocycles. The molecule has 2 heterocycles. The van der Waals surface area contributed by atoms with Crippen LogP contribution >= 0.6 is 0 Å². The minimum atomic E-state index is -4.94. The quantitative estimate of drug-likeness (QED) is 0.277. The summed E-state index contributed by atoms with van der Waals surface area (Å²) in [7, 11) is -6.35. The molecule has 1 fully saturated rings. The SMILES string of the molecule is CC#N.CC#N.CN1CCN(C)C(=O)CN(Cc2ccccn2)CC1=O.[Cu+2].[O-][Cl+3]([O-])([O-])[O-].[O-][Cl+3]([O-])([O-])[O-]. The van der Waals surface area contributed by atoms with Gasteiger partial charge in [-0.05, 0) is 12.1 Å². The van der Waals surface area contributed by atoms with E-state index in [-0.39, 0.29) is 42.0 Å². The Morgan fingerprint density at radius 3 is 1.43 bits per heavy atom. The Balaban J connectivity index is -0.000000264. The van der Waals surface area contributed by atoms with Crippen LogP contribution in [0.1, 0.15) is 19.5 Å². The molecule has 1 aromatic rings. The van der Waals surface area contributed by atoms with Crippen LogP contribution in [-0.4, -0.2) is 71.8 Å². The first-order chi connectivity index (χ1) is 16.4. The molecule has 0 saturated carbocycles. The Morgan fingerprint density at radius 2 is 1.16 bits per heavy atom. The van der Waals surface area contributed by atoms with E-state index in [0.29, 0.717) is 19.6 Å². The van der Waals surface area contributed by atoms with Gasteiger partial charge in [-0.1, -0.05) is 6.07 Å². The zero-order valence-corrected chi connectivity index (χ0v) is 22.6. The fraction of sp³-hybridized carbons (Fsp3) is 0.500. The van der Waals surface area contributed by atoms with E-state index in [2.05, 4.69) is 4.98 Å². The van der Waals surface area contributed by atoms with Crippen molar-refractivity contribution in [3.05, 3.63) is 30.1 Å². The second-order valence-corrected chi connectivity index (χ2v) is 7.81. The zero-order chi connectivity index (χ0) is 28.9. The third kappa shape index (κ3) is 36.0. The first-order valence-electron chi connectivity index (χ1n) is 9.34. The third-order valence-electron chi connectivity index (χ3n) is 3.45. The summed E-state index contributed by atoms with van der Waals surface area (Å²) in [6, 6.07) is 9.15. The molecule has 37 heavy (non-hydrogen) atoms. The number of aromatic nitrogens is 1. The van der Waals surface area contributed by atoms with Crippen LogP contribution in [0, 0.1) is 43.1 Å². The summed E-state index contributed by atoms with van der Waals surface area (Å²) in [4.78, 5) is 33.6. The summed E-state index contributed by atoms with van der Waals surface area (Å²) in [6.07, 6.45) is 1.72. The van der Waals surface area contributed by atoms with Gasteiger partial charge in [0.25, 0.3) is 0 Å². The normalized spacial score (nSPS) is 13.8. The van der Waals surface area contributed by atoms with Gasteiger partial charge in [-0.3, -0.25) is 19.5 Å². The number of amides is 2. The van der Waals surface area contributed by atoms with Crippen molar-refractivity contribution in [3.8, 4) is 12.1 Å². The molecule has 1 aliphatic heterocycles. The van der Waals surface area contributed by atoms with Crippen LogP contribution in [0.3, 0.4) is 0 Å². The largest absolute Gasteiger partial charge is 2.00 e. The van der Waals surface area contributed by atoms with E-state index in [1.807, 2.05) is 23.1 Å². The van der Waals surface area contributed by atoms with Gasteiger partial charge < -0.3 is 9.80 Å². The zero-order valence-electron chi connectivity index (χ0n) is 20.2. The van der Waals surface area contributed by atoms with Gasteiger partial charge in [-0.15, -0.1) is 20.5 Å². The number of rotatable bonds is 2. The molecular formula is C18H26Cl2CuN6O10. The molecule has 1 aliphatic rings. The van der Waals surface area contributed by atoms with E-state index < -0.39 is 20.5 Å². The number of carbonyl (C=O) groups is 2. The van der Waals surface area contributed by atoms with Gasteiger partial charge in [0.05, 0.1) is 30.9 Å². The van der Waals surface area contributed by atoms with Crippen LogP contribution in [0.15, 0.2) is 24.4 Å². The van der Waals surface area contributed by atoms with Crippen molar-refractivity contribution in [2.24, 2.45) is 0 Å². The molecular weight excluding hydrogens is 595 g/mol. The summed E-state index contributed by atoms with van der Waals surface area (Å²) in [5.74, 6) is 0.0630. The molecule has 2 amide bonds. The number of pyridine rings is 1. The molecule has 0 atom stereocenters. The first kappa shape index (κ1) is 41.9. The van der Waals surface area contributed by atoms with Crippen molar-refractivity contribution in [2.75, 3.05) is 40.3 Å². The van der Waals surface area contributed by atoms with Gasteiger partial charge in [-0.2, -0.15) is 10.5 Å². The average molecular weight is 621 g/mol. The fourth-order valence-electron chi connectivity index (χ4n) is 2.06. The molecule has 0 bridgehead atoms. The maximum atomic E-state index is 12.1. The van der Waals surface area contributed by atoms with E-state index in [9.17, 15) is 9.59 Å². The predicted molar refractivity (Wildman–Crippen MR) is 97.4 cm³/mol. The number of hydrogen-bond acceptors (Lipinski definition) is 14. The summed E-state index contributed by atoms with van der Waals surface area (Å²) in [5, 5.41) is 14.6. The summed E-state index contributed by atoms with van der Waals surface area (Å²) in [6.45, 7) is 4.98. The predicted octanol–water partition coefficient (Wildman–Crippen LogP) is -8.64. The standard InChI is InChI=1S/C14H20N4O2.2C2H3N.2ClHO4.Cu/c1-16-7-8-17(2)14(20)11-18(10-13(16)19)9-12-5-3-4-6-15-12;2*1-2-3;2*2-1(3,4)5;/h3-6H,7-11H2,1-2H3;2*1H3;2*(H,2,3,4,5);/q;;;;;+2/p-2. The minimum Gasteiger partial charge on any atom is -0.343 e. The number of hydrogen-bond donors (Lipinski definition) is 0. The van der Waals surface area contributed by atoms with Crippen LogP contribution in [0.25, 0.3) is 0 Å². The van der Waals surface area contributed by atoms with Crippen molar-refractivity contribution < 1.29 is 84.4 Å². The molecule has 16 nitrogen and oxygen atoms in total. The van der Waals surface area contributed by atoms with Gasteiger partial charge in [-0.25, -0.2) is 37.3 Å². The van der Waals surface area contributed by atoms with Crippen LogP contribution in [0.5, 0.6) is 0 Å². The molecule has 0 aromatic carbocycles. The second kappa shape index (κ2) is 23.0. The topological polar surface area (TPSA) is 289 Å². The number of likely N-dealkylation sites (N-methyl/N-ethyl adjacent to an activating group) is 2. The van der Waals surface area contributed by atoms with Crippen LogP contribution in [0.4, 0.5) is 0 Å². The number of nitriles is 2. The van der Waals surface area contributed by atoms with Crippen LogP contribution in [-0.2, 0) is 33.2 Å². The monoisotopic (exact) mass is 619 g/mol. The molecule has 213 valence electrons. The first-order valence-corrected chi connectivity index (χ1v) is 11.8. The van der Waals surface area contributed by atoms with Crippen molar-refractivity contribution in [1.29, 1.82) is 10.5 Å². The summed E-state index contributed by atoms with van der Waals surface area (Å²) < 4.78 is 67.9. The third-order valence-corrected chi connectivity index (χ3v) is 3.45. The van der Waals surface area contributed by atoms with E-state index in [0.717, 1.165) is 5.69 Å². The van der Waals surface area contributed by atoms with Crippen molar-refractivity contribution in [3.63, 3.8) is 0 Å². The Hall–Kier alpha value is -2.19. The van der Waals surface area contributed by atoms with Crippen molar-refractivity contribution in [1.82, 2.24) is 19.7 Å². The molecule has 19 heteroatoms. The molecule has 0 N–H and O–H groups in total. The van der Waals surface area contributed by atoms with Crippen molar-refractivity contribution in [2.45, 2.75) is 20.4 Å². The Labute approximate surface area is 229 Å². The molecule has 1 saturated heterocycles. The fourth-order valence-corrected chi connectivity index (χ4v) is 2.06. The number of carbonyl (C=O) groups excluding carboxylic acids is 2. The second-order valence-electron chi connectivity index (χ2n) is 6.30. The van der Waals surface area contributed by atoms with Gasteiger partial charge in [0, 0.05) is 53.8 Å². The van der Waals surface area contributed by atoms with E-state index in [4.69, 9.17) is 47.8 Å². The number of halogens is 2. The Kier molecular flexibility index (Phi) is 26.0. The molecule has 0 unspecified atom stereocenters. The molecule has 2 rings (SSSR count). The Morgan fingerprint density at radius 1 is 0.838 bits per heavy atom. The maximum Gasteiger partial charge on any atom is 2.00 e. The molecule has 0 aliphatic carbocycles. The van der Waals surface area contributed by atoms with Gasteiger partial charge >= 0.3 is 17.1 Å². The van der Waals surface area contributed by atoms with E-state index in [1.54, 1.807) is 42.2 Å². The summed E-state index contributed by atoms with van der Waals surface area (Å²) in [5.41, 5.74) is 0.859. The Bertz CT molecular complexity index is 772.